The highest BCUT2D eigenvalue weighted by Crippen LogP contribution is 2.18. The number of para-hydroxylation sites is 1. The van der Waals surface area contributed by atoms with Crippen LogP contribution in [0.3, 0.4) is 0 Å². The van der Waals surface area contributed by atoms with Gasteiger partial charge in [-0.2, -0.15) is 0 Å². The lowest BCUT2D eigenvalue weighted by Crippen LogP contribution is -2.23. The summed E-state index contributed by atoms with van der Waals surface area (Å²) in [6, 6.07) is 10.1. The van der Waals surface area contributed by atoms with Crippen LogP contribution in [0.25, 0.3) is 21.9 Å². The highest BCUT2D eigenvalue weighted by atomic mass is 19.1. The van der Waals surface area contributed by atoms with Crippen LogP contribution in [0.15, 0.2) is 47.5 Å². The summed E-state index contributed by atoms with van der Waals surface area (Å²) in [7, 11) is 0. The van der Waals surface area contributed by atoms with E-state index in [1.807, 2.05) is 30.5 Å². The molecule has 4 aromatic rings. The third-order valence-corrected chi connectivity index (χ3v) is 4.47. The number of halogens is 1. The van der Waals surface area contributed by atoms with E-state index in [2.05, 4.69) is 9.97 Å². The fourth-order valence-electron chi connectivity index (χ4n) is 3.23. The van der Waals surface area contributed by atoms with E-state index in [-0.39, 0.29) is 11.4 Å². The molecule has 0 saturated carbocycles. The predicted molar refractivity (Wildman–Crippen MR) is 95.2 cm³/mol. The molecule has 5 nitrogen and oxygen atoms in total. The van der Waals surface area contributed by atoms with Gasteiger partial charge in [-0.1, -0.05) is 12.1 Å². The van der Waals surface area contributed by atoms with Crippen LogP contribution in [-0.4, -0.2) is 19.1 Å². The van der Waals surface area contributed by atoms with Crippen LogP contribution in [-0.2, 0) is 13.1 Å². The zero-order valence-corrected chi connectivity index (χ0v) is 14.0. The smallest absolute Gasteiger partial charge is 0.261 e. The topological polar surface area (TPSA) is 52.7 Å². The molecule has 0 fully saturated rings. The Kier molecular flexibility index (Phi) is 3.60. The van der Waals surface area contributed by atoms with Crippen molar-refractivity contribution in [3.05, 3.63) is 70.3 Å². The van der Waals surface area contributed by atoms with E-state index in [9.17, 15) is 9.18 Å². The zero-order valence-electron chi connectivity index (χ0n) is 14.0. The lowest BCUT2D eigenvalue weighted by Gasteiger charge is -2.09. The quantitative estimate of drug-likeness (QED) is 0.577. The van der Waals surface area contributed by atoms with Gasteiger partial charge in [0.2, 0.25) is 0 Å². The van der Waals surface area contributed by atoms with Crippen LogP contribution in [0.2, 0.25) is 0 Å². The third-order valence-electron chi connectivity index (χ3n) is 4.47. The number of fused-ring (bicyclic) bond motifs is 2. The van der Waals surface area contributed by atoms with Gasteiger partial charge in [-0.05, 0) is 37.6 Å². The SMILES string of the molecule is CCn1c(Cn2cnc3c(C)cccc3c2=O)nc2cc(F)ccc21. The fourth-order valence-corrected chi connectivity index (χ4v) is 3.23. The second kappa shape index (κ2) is 5.81. The molecular formula is C19H17FN4O. The van der Waals surface area contributed by atoms with Gasteiger partial charge < -0.3 is 4.57 Å². The van der Waals surface area contributed by atoms with Gasteiger partial charge in [-0.15, -0.1) is 0 Å². The van der Waals surface area contributed by atoms with Gasteiger partial charge in [0.1, 0.15) is 11.6 Å². The third kappa shape index (κ3) is 2.50. The lowest BCUT2D eigenvalue weighted by atomic mass is 10.1. The molecule has 0 spiro atoms. The summed E-state index contributed by atoms with van der Waals surface area (Å²) >= 11 is 0. The first kappa shape index (κ1) is 15.5. The molecule has 2 aromatic heterocycles. The molecule has 25 heavy (non-hydrogen) atoms. The molecule has 0 aliphatic rings. The lowest BCUT2D eigenvalue weighted by molar-refractivity contribution is 0.629. The van der Waals surface area contributed by atoms with Gasteiger partial charge in [-0.3, -0.25) is 9.36 Å². The molecular weight excluding hydrogens is 319 g/mol. The first-order valence-electron chi connectivity index (χ1n) is 8.18. The van der Waals surface area contributed by atoms with Crippen molar-refractivity contribution in [3.8, 4) is 0 Å². The predicted octanol–water partition coefficient (Wildman–Crippen LogP) is 3.26. The van der Waals surface area contributed by atoms with Gasteiger partial charge >= 0.3 is 0 Å². The monoisotopic (exact) mass is 336 g/mol. The second-order valence-electron chi connectivity index (χ2n) is 6.05. The Bertz CT molecular complexity index is 1160. The first-order chi connectivity index (χ1) is 12.1. The Labute approximate surface area is 143 Å². The number of imidazole rings is 1. The van der Waals surface area contributed by atoms with Crippen molar-refractivity contribution >= 4 is 21.9 Å². The average molecular weight is 336 g/mol. The Balaban J connectivity index is 1.85. The van der Waals surface area contributed by atoms with Crippen molar-refractivity contribution in [2.45, 2.75) is 26.9 Å². The van der Waals surface area contributed by atoms with Gasteiger partial charge in [-0.25, -0.2) is 14.4 Å². The van der Waals surface area contributed by atoms with Crippen molar-refractivity contribution in [3.63, 3.8) is 0 Å². The minimum atomic E-state index is -0.320. The summed E-state index contributed by atoms with van der Waals surface area (Å²) in [5, 5.41) is 0.590. The Morgan fingerprint density at radius 1 is 1.20 bits per heavy atom. The normalized spacial score (nSPS) is 11.5. The molecule has 0 unspecified atom stereocenters. The van der Waals surface area contributed by atoms with Crippen LogP contribution in [0, 0.1) is 12.7 Å². The van der Waals surface area contributed by atoms with E-state index >= 15 is 0 Å². The molecule has 0 atom stereocenters. The molecule has 0 N–H and O–H groups in total. The summed E-state index contributed by atoms with van der Waals surface area (Å²) in [5.41, 5.74) is 3.04. The molecule has 6 heteroatoms. The van der Waals surface area contributed by atoms with Crippen LogP contribution in [0.5, 0.6) is 0 Å². The minimum absolute atomic E-state index is 0.102. The number of aromatic nitrogens is 4. The molecule has 4 rings (SSSR count). The van der Waals surface area contributed by atoms with Crippen molar-refractivity contribution in [1.82, 2.24) is 19.1 Å². The molecule has 126 valence electrons. The van der Waals surface area contributed by atoms with Crippen molar-refractivity contribution in [2.75, 3.05) is 0 Å². The molecule has 0 saturated heterocycles. The van der Waals surface area contributed by atoms with Crippen molar-refractivity contribution in [1.29, 1.82) is 0 Å². The maximum atomic E-state index is 13.5. The summed E-state index contributed by atoms with van der Waals surface area (Å²) in [6.07, 6.45) is 1.55. The number of hydrogen-bond acceptors (Lipinski definition) is 3. The van der Waals surface area contributed by atoms with Gasteiger partial charge in [0.25, 0.3) is 5.56 Å². The number of benzene rings is 2. The summed E-state index contributed by atoms with van der Waals surface area (Å²) in [6.45, 7) is 4.91. The number of hydrogen-bond donors (Lipinski definition) is 0. The van der Waals surface area contributed by atoms with E-state index in [1.54, 1.807) is 23.0 Å². The number of rotatable bonds is 3. The Morgan fingerprint density at radius 2 is 2.04 bits per heavy atom. The highest BCUT2D eigenvalue weighted by molar-refractivity contribution is 5.80. The molecule has 0 amide bonds. The van der Waals surface area contributed by atoms with Crippen LogP contribution in [0.1, 0.15) is 18.3 Å². The first-order valence-corrected chi connectivity index (χ1v) is 8.18. The summed E-state index contributed by atoms with van der Waals surface area (Å²) in [5.74, 6) is 0.388. The summed E-state index contributed by atoms with van der Waals surface area (Å²) < 4.78 is 17.0. The zero-order chi connectivity index (χ0) is 17.6. The maximum absolute atomic E-state index is 13.5. The van der Waals surface area contributed by atoms with E-state index < -0.39 is 0 Å². The van der Waals surface area contributed by atoms with E-state index in [0.717, 1.165) is 16.6 Å². The fraction of sp³-hybridized carbons (Fsp3) is 0.211. The Hall–Kier alpha value is -3.02. The number of aryl methyl sites for hydroxylation is 2. The molecule has 0 aliphatic carbocycles. The summed E-state index contributed by atoms with van der Waals surface area (Å²) in [4.78, 5) is 21.7. The molecule has 2 aromatic carbocycles. The molecule has 0 bridgehead atoms. The largest absolute Gasteiger partial charge is 0.327 e. The molecule has 0 radical (unpaired) electrons. The number of nitrogens with zero attached hydrogens (tertiary/aromatic N) is 4. The van der Waals surface area contributed by atoms with Crippen LogP contribution < -0.4 is 5.56 Å². The van der Waals surface area contributed by atoms with Gasteiger partial charge in [0.05, 0.1) is 34.8 Å². The average Bonchev–Trinajstić information content (AvgIpc) is 2.94. The van der Waals surface area contributed by atoms with Gasteiger partial charge in [0, 0.05) is 12.6 Å². The van der Waals surface area contributed by atoms with Crippen molar-refractivity contribution < 1.29 is 4.39 Å². The van der Waals surface area contributed by atoms with E-state index in [0.29, 0.717) is 29.8 Å². The molecule has 2 heterocycles. The van der Waals surface area contributed by atoms with Crippen LogP contribution in [0.4, 0.5) is 4.39 Å². The van der Waals surface area contributed by atoms with Gasteiger partial charge in [0.15, 0.2) is 0 Å². The standard InChI is InChI=1S/C19H17FN4O/c1-3-24-16-8-7-13(20)9-15(16)22-17(24)10-23-11-21-18-12(2)5-4-6-14(18)19(23)25/h4-9,11H,3,10H2,1-2H3. The second-order valence-corrected chi connectivity index (χ2v) is 6.05. The van der Waals surface area contributed by atoms with Crippen molar-refractivity contribution in [2.24, 2.45) is 0 Å². The maximum Gasteiger partial charge on any atom is 0.261 e. The highest BCUT2D eigenvalue weighted by Gasteiger charge is 2.13. The van der Waals surface area contributed by atoms with E-state index in [4.69, 9.17) is 0 Å². The molecule has 0 aliphatic heterocycles. The van der Waals surface area contributed by atoms with Crippen LogP contribution >= 0.6 is 0 Å². The Morgan fingerprint density at radius 3 is 2.84 bits per heavy atom. The minimum Gasteiger partial charge on any atom is -0.327 e. The van der Waals surface area contributed by atoms with E-state index in [1.165, 1.54) is 12.1 Å².